The smallest absolute Gasteiger partial charge is 0.270 e. The minimum Gasteiger partial charge on any atom is -0.394 e. The van der Waals surface area contributed by atoms with Crippen molar-refractivity contribution < 1.29 is 18.8 Å². The fourth-order valence-corrected chi connectivity index (χ4v) is 5.26. The fourth-order valence-electron chi connectivity index (χ4n) is 5.26. The molecule has 6 rings (SSSR count). The summed E-state index contributed by atoms with van der Waals surface area (Å²) in [5.74, 6) is -1.96. The van der Waals surface area contributed by atoms with Crippen molar-refractivity contribution in [3.63, 3.8) is 0 Å². The third kappa shape index (κ3) is 5.12. The Labute approximate surface area is 247 Å². The van der Waals surface area contributed by atoms with E-state index in [-0.39, 0.29) is 53.2 Å². The quantitative estimate of drug-likeness (QED) is 0.154. The lowest BCUT2D eigenvalue weighted by atomic mass is 10.0. The number of nitrogens with zero attached hydrogens (tertiary/aromatic N) is 3. The van der Waals surface area contributed by atoms with E-state index in [4.69, 9.17) is 11.5 Å². The molecule has 44 heavy (non-hydrogen) atoms. The van der Waals surface area contributed by atoms with Crippen LogP contribution in [0.1, 0.15) is 66.1 Å². The molecule has 0 fully saturated rings. The van der Waals surface area contributed by atoms with Crippen LogP contribution in [0.15, 0.2) is 64.4 Å². The zero-order valence-corrected chi connectivity index (χ0v) is 23.0. The highest BCUT2D eigenvalue weighted by Gasteiger charge is 2.27. The standard InChI is InChI=1S/C30H25FN8O5/c31-19-5-1-14(9-17(19)13-35-24-23(32)25(40)26(24)41)12-36-28(43)21-11-22(39-8-7-34-30(39)38-21)29(44)37-20-6-3-15-10-16(27(33)42)2-4-18(15)20/h1-2,4-5,7-11,20,35H,3,6,12-13,32H2,(H2,33,42)(H,36,43)(H,37,44)/t20-/m0/s1. The molecule has 2 aromatic heterocycles. The van der Waals surface area contributed by atoms with Crippen LogP contribution in [-0.2, 0) is 19.5 Å². The third-order valence-corrected chi connectivity index (χ3v) is 7.62. The molecule has 222 valence electrons. The van der Waals surface area contributed by atoms with E-state index in [0.717, 1.165) is 11.1 Å². The van der Waals surface area contributed by atoms with Crippen LogP contribution < -0.4 is 38.3 Å². The second-order valence-electron chi connectivity index (χ2n) is 10.4. The van der Waals surface area contributed by atoms with Gasteiger partial charge >= 0.3 is 0 Å². The normalized spacial score (nSPS) is 14.0. The molecule has 5 aromatic rings. The molecule has 0 bridgehead atoms. The first-order valence-electron chi connectivity index (χ1n) is 13.6. The molecule has 1 aliphatic carbocycles. The molecule has 13 nitrogen and oxygen atoms in total. The second kappa shape index (κ2) is 11.1. The van der Waals surface area contributed by atoms with Crippen molar-refractivity contribution in [2.24, 2.45) is 5.73 Å². The molecule has 0 saturated carbocycles. The van der Waals surface area contributed by atoms with Crippen LogP contribution in [0.2, 0.25) is 0 Å². The van der Waals surface area contributed by atoms with Crippen LogP contribution in [0, 0.1) is 5.82 Å². The highest BCUT2D eigenvalue weighted by molar-refractivity contribution is 5.98. The number of imidazole rings is 1. The summed E-state index contributed by atoms with van der Waals surface area (Å²) in [5.41, 5.74) is 12.2. The number of rotatable bonds is 9. The van der Waals surface area contributed by atoms with Gasteiger partial charge in [0.05, 0.1) is 6.04 Å². The molecule has 14 heteroatoms. The maximum absolute atomic E-state index is 14.4. The summed E-state index contributed by atoms with van der Waals surface area (Å²) in [5, 5.41) is 8.39. The fraction of sp³-hybridized carbons (Fsp3) is 0.167. The van der Waals surface area contributed by atoms with Gasteiger partial charge in [0.1, 0.15) is 28.6 Å². The molecule has 1 aliphatic rings. The minimum absolute atomic E-state index is 0.00332. The molecule has 0 unspecified atom stereocenters. The van der Waals surface area contributed by atoms with E-state index >= 15 is 0 Å². The summed E-state index contributed by atoms with van der Waals surface area (Å²) in [6.07, 6.45) is 4.31. The van der Waals surface area contributed by atoms with Gasteiger partial charge in [0.15, 0.2) is 0 Å². The predicted octanol–water partition coefficient (Wildman–Crippen LogP) is 1.10. The summed E-state index contributed by atoms with van der Waals surface area (Å²) in [4.78, 5) is 69.4. The number of nitrogens with one attached hydrogen (secondary N) is 3. The van der Waals surface area contributed by atoms with Gasteiger partial charge < -0.3 is 27.4 Å². The van der Waals surface area contributed by atoms with Gasteiger partial charge in [-0.2, -0.15) is 0 Å². The Kier molecular flexibility index (Phi) is 7.09. The summed E-state index contributed by atoms with van der Waals surface area (Å²) >= 11 is 0. The maximum atomic E-state index is 14.4. The summed E-state index contributed by atoms with van der Waals surface area (Å²) in [6, 6.07) is 10.4. The first-order chi connectivity index (χ1) is 21.1. The Morgan fingerprint density at radius 3 is 2.61 bits per heavy atom. The van der Waals surface area contributed by atoms with Gasteiger partial charge in [-0.3, -0.25) is 28.4 Å². The summed E-state index contributed by atoms with van der Waals surface area (Å²) < 4.78 is 15.9. The molecule has 3 amide bonds. The van der Waals surface area contributed by atoms with E-state index in [9.17, 15) is 28.4 Å². The van der Waals surface area contributed by atoms with Crippen molar-refractivity contribution >= 4 is 34.9 Å². The Balaban J connectivity index is 1.16. The van der Waals surface area contributed by atoms with Gasteiger partial charge in [-0.05, 0) is 59.9 Å². The van der Waals surface area contributed by atoms with Gasteiger partial charge in [0.25, 0.3) is 22.7 Å². The number of carbonyl (C=O) groups is 3. The van der Waals surface area contributed by atoms with E-state index in [2.05, 4.69) is 25.9 Å². The van der Waals surface area contributed by atoms with Gasteiger partial charge in [-0.1, -0.05) is 12.1 Å². The van der Waals surface area contributed by atoms with Crippen LogP contribution in [0.25, 0.3) is 5.78 Å². The van der Waals surface area contributed by atoms with Gasteiger partial charge in [-0.25, -0.2) is 14.4 Å². The van der Waals surface area contributed by atoms with Crippen molar-refractivity contribution in [3.8, 4) is 0 Å². The molecular weight excluding hydrogens is 571 g/mol. The SMILES string of the molecule is NC(=O)c1ccc2c(c1)CC[C@@H]2NC(=O)c1cc(C(=O)NCc2ccc(F)c(CNc3c(N)c(=O)c3=O)c2)nc2nccn12. The number of halogens is 1. The lowest BCUT2D eigenvalue weighted by Crippen LogP contribution is -2.37. The van der Waals surface area contributed by atoms with Crippen molar-refractivity contribution in [3.05, 3.63) is 120 Å². The van der Waals surface area contributed by atoms with Crippen molar-refractivity contribution in [1.82, 2.24) is 25.0 Å². The van der Waals surface area contributed by atoms with Crippen LogP contribution in [0.4, 0.5) is 15.8 Å². The van der Waals surface area contributed by atoms with Crippen LogP contribution in [0.5, 0.6) is 0 Å². The number of hydrogen-bond donors (Lipinski definition) is 5. The van der Waals surface area contributed by atoms with Crippen LogP contribution >= 0.6 is 0 Å². The monoisotopic (exact) mass is 596 g/mol. The number of carbonyl (C=O) groups excluding carboxylic acids is 3. The van der Waals surface area contributed by atoms with E-state index in [1.165, 1.54) is 34.9 Å². The van der Waals surface area contributed by atoms with Gasteiger partial charge in [0, 0.05) is 36.6 Å². The number of benzene rings is 2. The number of nitrogens with two attached hydrogens (primary N) is 2. The number of aromatic nitrogens is 3. The zero-order chi connectivity index (χ0) is 31.1. The number of anilines is 2. The van der Waals surface area contributed by atoms with Crippen molar-refractivity contribution in [2.45, 2.75) is 32.0 Å². The lowest BCUT2D eigenvalue weighted by Gasteiger charge is -2.16. The zero-order valence-electron chi connectivity index (χ0n) is 23.0. The summed E-state index contributed by atoms with van der Waals surface area (Å²) in [6.45, 7) is -0.0969. The molecular formula is C30H25FN8O5. The number of primary amides is 1. The van der Waals surface area contributed by atoms with E-state index in [1.54, 1.807) is 24.4 Å². The second-order valence-corrected chi connectivity index (χ2v) is 10.4. The van der Waals surface area contributed by atoms with Crippen molar-refractivity contribution in [2.75, 3.05) is 11.1 Å². The molecule has 1 atom stereocenters. The average molecular weight is 597 g/mol. The highest BCUT2D eigenvalue weighted by Crippen LogP contribution is 2.32. The van der Waals surface area contributed by atoms with Crippen LogP contribution in [-0.4, -0.2) is 32.1 Å². The molecule has 0 spiro atoms. The number of aryl methyl sites for hydroxylation is 1. The first-order valence-corrected chi connectivity index (χ1v) is 13.6. The van der Waals surface area contributed by atoms with Gasteiger partial charge in [-0.15, -0.1) is 0 Å². The topological polar surface area (TPSA) is 204 Å². The van der Waals surface area contributed by atoms with Crippen LogP contribution in [0.3, 0.4) is 0 Å². The predicted molar refractivity (Wildman–Crippen MR) is 157 cm³/mol. The third-order valence-electron chi connectivity index (χ3n) is 7.62. The molecule has 0 radical (unpaired) electrons. The van der Waals surface area contributed by atoms with E-state index in [1.807, 2.05) is 0 Å². The van der Waals surface area contributed by atoms with Crippen molar-refractivity contribution in [1.29, 1.82) is 0 Å². The van der Waals surface area contributed by atoms with E-state index in [0.29, 0.717) is 24.0 Å². The lowest BCUT2D eigenvalue weighted by molar-refractivity contribution is 0.0928. The maximum Gasteiger partial charge on any atom is 0.270 e. The largest absolute Gasteiger partial charge is 0.394 e. The molecule has 0 saturated heterocycles. The Morgan fingerprint density at radius 2 is 1.84 bits per heavy atom. The van der Waals surface area contributed by atoms with Gasteiger partial charge in [0.2, 0.25) is 11.7 Å². The van der Waals surface area contributed by atoms with E-state index < -0.39 is 34.4 Å². The minimum atomic E-state index is -0.781. The molecule has 3 aromatic carbocycles. The Hall–Kier alpha value is -5.92. The number of hydrogen-bond acceptors (Lipinski definition) is 9. The average Bonchev–Trinajstić information content (AvgIpc) is 3.67. The highest BCUT2D eigenvalue weighted by atomic mass is 19.1. The molecule has 2 heterocycles. The Morgan fingerprint density at radius 1 is 1.02 bits per heavy atom. The number of nitrogen functional groups attached to an aromatic ring is 1. The number of fused-ring (bicyclic) bond motifs is 2. The first kappa shape index (κ1) is 28.2. The molecule has 7 N–H and O–H groups in total. The molecule has 0 aliphatic heterocycles. The number of amides is 3. The summed E-state index contributed by atoms with van der Waals surface area (Å²) in [7, 11) is 0. The Bertz CT molecular complexity index is 2060.